The predicted molar refractivity (Wildman–Crippen MR) is 56.1 cm³/mol. The fourth-order valence-electron chi connectivity index (χ4n) is 1.06. The molecule has 1 radical (unpaired) electrons. The van der Waals surface area contributed by atoms with Gasteiger partial charge in [0.1, 0.15) is 0 Å². The molecular formula is C10H21OSi. The van der Waals surface area contributed by atoms with E-state index in [0.717, 1.165) is 6.42 Å². The van der Waals surface area contributed by atoms with Crippen LogP contribution in [0, 0.1) is 0 Å². The molecule has 0 aromatic rings. The lowest BCUT2D eigenvalue weighted by Crippen LogP contribution is -2.18. The first-order valence-corrected chi connectivity index (χ1v) is 7.93. The molecule has 0 aliphatic heterocycles. The van der Waals surface area contributed by atoms with E-state index in [1.807, 2.05) is 18.8 Å². The average Bonchev–Trinajstić information content (AvgIpc) is 1.94. The van der Waals surface area contributed by atoms with E-state index in [2.05, 4.69) is 13.0 Å². The molecule has 0 spiro atoms. The molecule has 0 fully saturated rings. The van der Waals surface area contributed by atoms with E-state index in [-0.39, 0.29) is 0 Å². The fraction of sp³-hybridized carbons (Fsp3) is 0.800. The van der Waals surface area contributed by atoms with Crippen LogP contribution in [0.5, 0.6) is 0 Å². The standard InChI is InChI=1S/C10H21OSi/c1-4-5-6-7-8-9-10-12(2,3)11/h9-10H,4-8H2,1-3H3/b10-9+. The van der Waals surface area contributed by atoms with Gasteiger partial charge in [0.25, 0.3) is 8.32 Å². The molecule has 1 nitrogen and oxygen atoms in total. The van der Waals surface area contributed by atoms with Gasteiger partial charge in [-0.05, 0) is 25.9 Å². The summed E-state index contributed by atoms with van der Waals surface area (Å²) in [5.74, 6) is 0. The highest BCUT2D eigenvalue weighted by Crippen LogP contribution is 2.05. The minimum atomic E-state index is -2.16. The highest BCUT2D eigenvalue weighted by molar-refractivity contribution is 6.74. The summed E-state index contributed by atoms with van der Waals surface area (Å²) in [7, 11) is -2.16. The third kappa shape index (κ3) is 9.92. The van der Waals surface area contributed by atoms with Gasteiger partial charge in [0.05, 0.1) is 0 Å². The average molecular weight is 185 g/mol. The number of allylic oxidation sites excluding steroid dienone is 1. The lowest BCUT2D eigenvalue weighted by atomic mass is 10.2. The van der Waals surface area contributed by atoms with E-state index in [1.165, 1.54) is 25.7 Å². The van der Waals surface area contributed by atoms with Gasteiger partial charge in [-0.2, -0.15) is 0 Å². The molecule has 0 aliphatic rings. The van der Waals surface area contributed by atoms with E-state index >= 15 is 0 Å². The Morgan fingerprint density at radius 3 is 2.33 bits per heavy atom. The summed E-state index contributed by atoms with van der Waals surface area (Å²) >= 11 is 0. The largest absolute Gasteiger partial charge is 0.293 e. The second-order valence-electron chi connectivity index (χ2n) is 3.86. The van der Waals surface area contributed by atoms with Crippen LogP contribution in [0.15, 0.2) is 11.8 Å². The lowest BCUT2D eigenvalue weighted by molar-refractivity contribution is 0.442. The van der Waals surface area contributed by atoms with Crippen molar-refractivity contribution in [3.8, 4) is 0 Å². The molecule has 2 heteroatoms. The Labute approximate surface area is 77.6 Å². The molecule has 0 heterocycles. The highest BCUT2D eigenvalue weighted by Gasteiger charge is 2.13. The van der Waals surface area contributed by atoms with Crippen molar-refractivity contribution < 1.29 is 4.80 Å². The summed E-state index contributed by atoms with van der Waals surface area (Å²) in [5.41, 5.74) is 1.90. The molecule has 0 aliphatic carbocycles. The Bertz CT molecular complexity index is 124. The van der Waals surface area contributed by atoms with Crippen LogP contribution in [0.2, 0.25) is 13.1 Å². The molecule has 0 amide bonds. The van der Waals surface area contributed by atoms with E-state index in [1.54, 1.807) is 0 Å². The summed E-state index contributed by atoms with van der Waals surface area (Å²) in [6.45, 7) is 5.87. The Balaban J connectivity index is 3.25. The highest BCUT2D eigenvalue weighted by atomic mass is 28.4. The molecule has 0 atom stereocenters. The monoisotopic (exact) mass is 185 g/mol. The van der Waals surface area contributed by atoms with Gasteiger partial charge in [-0.15, -0.1) is 0 Å². The summed E-state index contributed by atoms with van der Waals surface area (Å²) in [5, 5.41) is 0. The van der Waals surface area contributed by atoms with Crippen molar-refractivity contribution in [3.63, 3.8) is 0 Å². The van der Waals surface area contributed by atoms with Crippen molar-refractivity contribution in [2.24, 2.45) is 0 Å². The van der Waals surface area contributed by atoms with Crippen molar-refractivity contribution in [2.75, 3.05) is 0 Å². The van der Waals surface area contributed by atoms with Crippen molar-refractivity contribution in [2.45, 2.75) is 52.1 Å². The Kier molecular flexibility index (Phi) is 6.39. The molecule has 0 aromatic heterocycles. The van der Waals surface area contributed by atoms with Crippen LogP contribution in [0.1, 0.15) is 39.0 Å². The van der Waals surface area contributed by atoms with Gasteiger partial charge in [-0.1, -0.05) is 38.0 Å². The Morgan fingerprint density at radius 2 is 1.83 bits per heavy atom. The van der Waals surface area contributed by atoms with E-state index in [4.69, 9.17) is 0 Å². The molecular weight excluding hydrogens is 164 g/mol. The first-order valence-electron chi connectivity index (χ1n) is 4.94. The van der Waals surface area contributed by atoms with Crippen molar-refractivity contribution in [3.05, 3.63) is 11.8 Å². The third-order valence-corrected chi connectivity index (χ3v) is 2.78. The number of hydrogen-bond donors (Lipinski definition) is 0. The van der Waals surface area contributed by atoms with Crippen LogP contribution < -0.4 is 0 Å². The van der Waals surface area contributed by atoms with E-state index in [9.17, 15) is 4.80 Å². The van der Waals surface area contributed by atoms with E-state index < -0.39 is 8.32 Å². The van der Waals surface area contributed by atoms with Gasteiger partial charge in [0, 0.05) is 0 Å². The fourth-order valence-corrected chi connectivity index (χ4v) is 1.79. The quantitative estimate of drug-likeness (QED) is 0.444. The summed E-state index contributed by atoms with van der Waals surface area (Å²) in [6.07, 6.45) is 8.33. The number of rotatable bonds is 6. The predicted octanol–water partition coefficient (Wildman–Crippen LogP) is 3.69. The van der Waals surface area contributed by atoms with Crippen molar-refractivity contribution in [1.29, 1.82) is 0 Å². The Hall–Kier alpha value is -0.0831. The molecule has 0 saturated heterocycles. The smallest absolute Gasteiger partial charge is 0.254 e. The first-order chi connectivity index (χ1) is 5.56. The van der Waals surface area contributed by atoms with E-state index in [0.29, 0.717) is 0 Å². The molecule has 0 N–H and O–H groups in total. The minimum absolute atomic E-state index is 1.10. The van der Waals surface area contributed by atoms with Crippen molar-refractivity contribution >= 4 is 8.32 Å². The first kappa shape index (κ1) is 11.9. The van der Waals surface area contributed by atoms with Gasteiger partial charge in [-0.3, -0.25) is 4.80 Å². The van der Waals surface area contributed by atoms with Gasteiger partial charge in [-0.25, -0.2) is 0 Å². The molecule has 71 valence electrons. The molecule has 0 aromatic carbocycles. The van der Waals surface area contributed by atoms with Gasteiger partial charge in [0.2, 0.25) is 0 Å². The zero-order valence-corrected chi connectivity index (χ0v) is 9.60. The maximum Gasteiger partial charge on any atom is 0.254 e. The normalized spacial score (nSPS) is 12.7. The minimum Gasteiger partial charge on any atom is -0.293 e. The van der Waals surface area contributed by atoms with Gasteiger partial charge < -0.3 is 0 Å². The molecule has 0 unspecified atom stereocenters. The van der Waals surface area contributed by atoms with Gasteiger partial charge in [0.15, 0.2) is 0 Å². The molecule has 12 heavy (non-hydrogen) atoms. The number of unbranched alkanes of at least 4 members (excludes halogenated alkanes) is 4. The maximum atomic E-state index is 11.2. The SMILES string of the molecule is CCCCCC/C=C/[Si](C)(C)[O]. The second-order valence-corrected chi connectivity index (χ2v) is 7.40. The number of hydrogen-bond acceptors (Lipinski definition) is 0. The summed E-state index contributed by atoms with van der Waals surface area (Å²) in [6, 6.07) is 0. The second kappa shape index (κ2) is 6.43. The zero-order valence-electron chi connectivity index (χ0n) is 8.60. The van der Waals surface area contributed by atoms with Crippen LogP contribution in [0.4, 0.5) is 0 Å². The summed E-state index contributed by atoms with van der Waals surface area (Å²) in [4.78, 5) is 11.2. The van der Waals surface area contributed by atoms with Crippen LogP contribution >= 0.6 is 0 Å². The van der Waals surface area contributed by atoms with Crippen LogP contribution in [0.3, 0.4) is 0 Å². The van der Waals surface area contributed by atoms with Crippen LogP contribution in [-0.2, 0) is 4.80 Å². The van der Waals surface area contributed by atoms with Gasteiger partial charge >= 0.3 is 0 Å². The molecule has 0 rings (SSSR count). The van der Waals surface area contributed by atoms with Crippen molar-refractivity contribution in [1.82, 2.24) is 0 Å². The summed E-state index contributed by atoms with van der Waals surface area (Å²) < 4.78 is 0. The topological polar surface area (TPSA) is 19.9 Å². The van der Waals surface area contributed by atoms with Crippen LogP contribution in [0.25, 0.3) is 0 Å². The third-order valence-electron chi connectivity index (χ3n) is 1.74. The Morgan fingerprint density at radius 1 is 1.17 bits per heavy atom. The zero-order chi connectivity index (χ0) is 9.45. The molecule has 0 saturated carbocycles. The molecule has 0 bridgehead atoms. The lowest BCUT2D eigenvalue weighted by Gasteiger charge is -2.02. The maximum absolute atomic E-state index is 11.2. The van der Waals surface area contributed by atoms with Crippen LogP contribution in [-0.4, -0.2) is 8.32 Å².